The second-order valence-electron chi connectivity index (χ2n) is 3.45. The summed E-state index contributed by atoms with van der Waals surface area (Å²) >= 11 is 0. The van der Waals surface area contributed by atoms with Gasteiger partial charge in [0.25, 0.3) is 0 Å². The van der Waals surface area contributed by atoms with Crippen LogP contribution in [0.25, 0.3) is 0 Å². The Labute approximate surface area is 70.0 Å². The summed E-state index contributed by atoms with van der Waals surface area (Å²) < 4.78 is 0. The molecule has 0 aliphatic heterocycles. The predicted molar refractivity (Wildman–Crippen MR) is 50.5 cm³/mol. The van der Waals surface area contributed by atoms with E-state index in [9.17, 15) is 0 Å². The topological polar surface area (TPSA) is 0 Å². The molecule has 11 heavy (non-hydrogen) atoms. The maximum Gasteiger partial charge on any atom is -0.0197 e. The van der Waals surface area contributed by atoms with E-state index in [-0.39, 0.29) is 0 Å². The minimum Gasteiger partial charge on any atom is -0.103 e. The summed E-state index contributed by atoms with van der Waals surface area (Å²) in [5, 5.41) is 0. The average molecular weight is 150 g/mol. The van der Waals surface area contributed by atoms with Crippen LogP contribution in [0.3, 0.4) is 0 Å². The molecule has 0 spiro atoms. The van der Waals surface area contributed by atoms with Crippen LogP contribution < -0.4 is 0 Å². The highest BCUT2D eigenvalue weighted by Crippen LogP contribution is 2.25. The first-order chi connectivity index (χ1) is 5.34. The van der Waals surface area contributed by atoms with Crippen LogP contribution >= 0.6 is 0 Å². The largest absolute Gasteiger partial charge is 0.103 e. The van der Waals surface area contributed by atoms with E-state index >= 15 is 0 Å². The van der Waals surface area contributed by atoms with Crippen LogP contribution in [0.5, 0.6) is 0 Å². The van der Waals surface area contributed by atoms with Gasteiger partial charge in [0.2, 0.25) is 0 Å². The van der Waals surface area contributed by atoms with E-state index < -0.39 is 0 Å². The Morgan fingerprint density at radius 3 is 3.00 bits per heavy atom. The van der Waals surface area contributed by atoms with E-state index in [0.29, 0.717) is 0 Å². The molecule has 0 radical (unpaired) electrons. The Kier molecular flexibility index (Phi) is 3.41. The normalized spacial score (nSPS) is 20.6. The first kappa shape index (κ1) is 8.58. The molecule has 62 valence electrons. The van der Waals surface area contributed by atoms with E-state index in [2.05, 4.69) is 19.6 Å². The summed E-state index contributed by atoms with van der Waals surface area (Å²) in [7, 11) is 0. The molecule has 0 N–H and O–H groups in total. The molecule has 0 aromatic carbocycles. The highest BCUT2D eigenvalue weighted by atomic mass is 14.1. The van der Waals surface area contributed by atoms with Gasteiger partial charge < -0.3 is 0 Å². The van der Waals surface area contributed by atoms with Crippen LogP contribution in [-0.2, 0) is 0 Å². The van der Waals surface area contributed by atoms with Crippen molar-refractivity contribution in [2.75, 3.05) is 0 Å². The van der Waals surface area contributed by atoms with Crippen LogP contribution in [0.4, 0.5) is 0 Å². The van der Waals surface area contributed by atoms with Crippen molar-refractivity contribution in [2.45, 2.75) is 39.0 Å². The van der Waals surface area contributed by atoms with Gasteiger partial charge in [-0.2, -0.15) is 0 Å². The number of hydrogen-bond donors (Lipinski definition) is 0. The van der Waals surface area contributed by atoms with Gasteiger partial charge in [0.15, 0.2) is 0 Å². The maximum atomic E-state index is 3.77. The molecule has 0 heteroatoms. The Bertz CT molecular complexity index is 153. The molecule has 1 aliphatic carbocycles. The monoisotopic (exact) mass is 150 g/mol. The molecule has 1 rings (SSSR count). The number of allylic oxidation sites excluding steroid dienone is 3. The van der Waals surface area contributed by atoms with Crippen LogP contribution in [0, 0.1) is 5.92 Å². The summed E-state index contributed by atoms with van der Waals surface area (Å²) in [6, 6.07) is 0. The van der Waals surface area contributed by atoms with Gasteiger partial charge in [-0.25, -0.2) is 0 Å². The second-order valence-corrected chi connectivity index (χ2v) is 3.45. The van der Waals surface area contributed by atoms with Crippen molar-refractivity contribution in [3.63, 3.8) is 0 Å². The van der Waals surface area contributed by atoms with Crippen molar-refractivity contribution in [1.82, 2.24) is 0 Å². The fourth-order valence-corrected chi connectivity index (χ4v) is 1.71. The molecule has 1 atom stereocenters. The zero-order chi connectivity index (χ0) is 8.10. The third kappa shape index (κ3) is 2.53. The lowest BCUT2D eigenvalue weighted by Gasteiger charge is -2.17. The van der Waals surface area contributed by atoms with Gasteiger partial charge in [0.05, 0.1) is 0 Å². The zero-order valence-electron chi connectivity index (χ0n) is 7.47. The van der Waals surface area contributed by atoms with E-state index in [1.165, 1.54) is 25.7 Å². The van der Waals surface area contributed by atoms with Gasteiger partial charge in [-0.15, -0.1) is 6.58 Å². The van der Waals surface area contributed by atoms with Crippen molar-refractivity contribution in [3.05, 3.63) is 24.3 Å². The van der Waals surface area contributed by atoms with Gasteiger partial charge >= 0.3 is 0 Å². The van der Waals surface area contributed by atoms with Crippen molar-refractivity contribution in [3.8, 4) is 0 Å². The molecule has 0 amide bonds. The molecular weight excluding hydrogens is 132 g/mol. The maximum absolute atomic E-state index is 3.77. The molecule has 0 bridgehead atoms. The molecule has 0 aromatic heterocycles. The molecule has 0 nitrogen and oxygen atoms in total. The fourth-order valence-electron chi connectivity index (χ4n) is 1.71. The third-order valence-corrected chi connectivity index (χ3v) is 2.48. The van der Waals surface area contributed by atoms with Crippen LogP contribution in [0.15, 0.2) is 24.3 Å². The predicted octanol–water partition coefficient (Wildman–Crippen LogP) is 3.70. The third-order valence-electron chi connectivity index (χ3n) is 2.48. The second kappa shape index (κ2) is 4.38. The minimum atomic E-state index is 0.743. The van der Waals surface area contributed by atoms with Gasteiger partial charge in [0.1, 0.15) is 0 Å². The van der Waals surface area contributed by atoms with Crippen LogP contribution in [0.2, 0.25) is 0 Å². The van der Waals surface area contributed by atoms with Crippen LogP contribution in [-0.4, -0.2) is 0 Å². The van der Waals surface area contributed by atoms with E-state index in [1.807, 2.05) is 6.08 Å². The first-order valence-electron chi connectivity index (χ1n) is 4.64. The molecule has 0 saturated heterocycles. The van der Waals surface area contributed by atoms with Crippen molar-refractivity contribution in [2.24, 2.45) is 5.92 Å². The minimum absolute atomic E-state index is 0.743. The summed E-state index contributed by atoms with van der Waals surface area (Å²) in [5.74, 6) is 0.743. The molecular formula is C11H18. The highest BCUT2D eigenvalue weighted by Gasteiger charge is 2.09. The zero-order valence-corrected chi connectivity index (χ0v) is 7.47. The van der Waals surface area contributed by atoms with Gasteiger partial charge in [-0.1, -0.05) is 24.6 Å². The van der Waals surface area contributed by atoms with E-state index in [1.54, 1.807) is 5.57 Å². The average Bonchev–Trinajstić information content (AvgIpc) is 2.07. The van der Waals surface area contributed by atoms with Crippen molar-refractivity contribution in [1.29, 1.82) is 0 Å². The Morgan fingerprint density at radius 1 is 1.64 bits per heavy atom. The lowest BCUT2D eigenvalue weighted by molar-refractivity contribution is 0.592. The molecule has 0 heterocycles. The lowest BCUT2D eigenvalue weighted by Crippen LogP contribution is -2.01. The summed E-state index contributed by atoms with van der Waals surface area (Å²) in [6.45, 7) is 6.07. The highest BCUT2D eigenvalue weighted by molar-refractivity contribution is 5.09. The Balaban J connectivity index is 2.43. The number of hydrogen-bond acceptors (Lipinski definition) is 0. The fraction of sp³-hybridized carbons (Fsp3) is 0.636. The Hall–Kier alpha value is -0.520. The SMILES string of the molecule is C=CCC(C)C1=CCCCC1. The molecule has 1 unspecified atom stereocenters. The smallest absolute Gasteiger partial charge is 0.0197 e. The first-order valence-corrected chi connectivity index (χ1v) is 4.64. The van der Waals surface area contributed by atoms with Gasteiger partial charge in [-0.3, -0.25) is 0 Å². The van der Waals surface area contributed by atoms with Crippen molar-refractivity contribution < 1.29 is 0 Å². The van der Waals surface area contributed by atoms with Crippen molar-refractivity contribution >= 4 is 0 Å². The standard InChI is InChI=1S/C11H18/c1-3-7-10(2)11-8-5-4-6-9-11/h3,8,10H,1,4-7,9H2,2H3. The molecule has 0 fully saturated rings. The van der Waals surface area contributed by atoms with Gasteiger partial charge in [-0.05, 0) is 38.0 Å². The summed E-state index contributed by atoms with van der Waals surface area (Å²) in [4.78, 5) is 0. The molecule has 0 saturated carbocycles. The van der Waals surface area contributed by atoms with Gasteiger partial charge in [0, 0.05) is 0 Å². The Morgan fingerprint density at radius 2 is 2.45 bits per heavy atom. The summed E-state index contributed by atoms with van der Waals surface area (Å²) in [5.41, 5.74) is 1.66. The molecule has 0 aromatic rings. The van der Waals surface area contributed by atoms with E-state index in [4.69, 9.17) is 0 Å². The summed E-state index contributed by atoms with van der Waals surface area (Å²) in [6.07, 6.45) is 11.0. The molecule has 1 aliphatic rings. The lowest BCUT2D eigenvalue weighted by atomic mass is 9.88. The number of rotatable bonds is 3. The quantitative estimate of drug-likeness (QED) is 0.538. The van der Waals surface area contributed by atoms with Crippen LogP contribution in [0.1, 0.15) is 39.0 Å². The van der Waals surface area contributed by atoms with E-state index in [0.717, 1.165) is 12.3 Å².